The maximum Gasteiger partial charge on any atom is 0.0999 e. The zero-order valence-electron chi connectivity index (χ0n) is 11.8. The Bertz CT molecular complexity index is 719. The Labute approximate surface area is 104 Å². The van der Waals surface area contributed by atoms with Crippen LogP contribution in [0.1, 0.15) is 20.8 Å². The Balaban J connectivity index is 2.48. The summed E-state index contributed by atoms with van der Waals surface area (Å²) >= 11 is 0. The zero-order valence-corrected chi connectivity index (χ0v) is 8.81. The van der Waals surface area contributed by atoms with Gasteiger partial charge in [0.15, 0.2) is 0 Å². The number of hydrogen-bond acceptors (Lipinski definition) is 3. The smallest absolute Gasteiger partial charge is 0.0999 e. The monoisotopic (exact) mass is 222 g/mol. The zero-order chi connectivity index (χ0) is 14.8. The van der Waals surface area contributed by atoms with Gasteiger partial charge in [0.05, 0.1) is 29.0 Å². The van der Waals surface area contributed by atoms with E-state index in [0.717, 1.165) is 0 Å². The summed E-state index contributed by atoms with van der Waals surface area (Å²) in [4.78, 5) is 4.09. The van der Waals surface area contributed by atoms with E-state index >= 15 is 0 Å². The van der Waals surface area contributed by atoms with Gasteiger partial charge in [-0.25, -0.2) is 0 Å². The van der Waals surface area contributed by atoms with Crippen LogP contribution in [0.2, 0.25) is 0 Å². The molecule has 0 N–H and O–H groups in total. The highest BCUT2D eigenvalue weighted by atomic mass is 14.7. The number of hydrogen-bond donors (Lipinski definition) is 0. The molecule has 0 aliphatic rings. The molecule has 0 amide bonds. The van der Waals surface area contributed by atoms with Gasteiger partial charge >= 0.3 is 0 Å². The molecule has 3 nitrogen and oxygen atoms in total. The average Bonchev–Trinajstić information content (AvgIpc) is 2.45. The van der Waals surface area contributed by atoms with Gasteiger partial charge in [-0.1, -0.05) is 12.1 Å². The molecule has 0 bridgehead atoms. The Morgan fingerprint density at radius 3 is 2.65 bits per heavy atom. The van der Waals surface area contributed by atoms with E-state index in [-0.39, 0.29) is 5.56 Å². The molecule has 3 heteroatoms. The van der Waals surface area contributed by atoms with Gasteiger partial charge in [-0.05, 0) is 30.6 Å². The van der Waals surface area contributed by atoms with E-state index in [2.05, 4.69) is 4.98 Å². The van der Waals surface area contributed by atoms with Crippen LogP contribution in [0.4, 0.5) is 0 Å². The first-order valence-corrected chi connectivity index (χ1v) is 4.87. The molecule has 0 radical (unpaired) electrons. The van der Waals surface area contributed by atoms with Gasteiger partial charge in [0.25, 0.3) is 0 Å². The second-order valence-electron chi connectivity index (χ2n) is 3.42. The maximum atomic E-state index is 9.11. The van der Waals surface area contributed by atoms with Gasteiger partial charge in [-0.2, -0.15) is 10.5 Å². The van der Waals surface area contributed by atoms with Crippen molar-refractivity contribution in [3.05, 3.63) is 53.2 Å². The minimum Gasteiger partial charge on any atom is -0.256 e. The fourth-order valence-electron chi connectivity index (χ4n) is 1.48. The molecule has 0 unspecified atom stereocenters. The van der Waals surface area contributed by atoms with Crippen LogP contribution in [0.3, 0.4) is 0 Å². The molecule has 0 aliphatic heterocycles. The first-order chi connectivity index (χ1) is 9.45. The van der Waals surface area contributed by atoms with Gasteiger partial charge < -0.3 is 0 Å². The van der Waals surface area contributed by atoms with Crippen LogP contribution < -0.4 is 0 Å². The quantitative estimate of drug-likeness (QED) is 0.745. The molecule has 0 aliphatic carbocycles. The summed E-state index contributed by atoms with van der Waals surface area (Å²) in [5.41, 5.74) is 1.94. The van der Waals surface area contributed by atoms with E-state index < -0.39 is 6.85 Å². The number of rotatable bonds is 1. The first kappa shape index (κ1) is 7.60. The fourth-order valence-corrected chi connectivity index (χ4v) is 1.48. The average molecular weight is 222 g/mol. The molecule has 0 saturated carbocycles. The highest BCUT2D eigenvalue weighted by Crippen LogP contribution is 2.22. The van der Waals surface area contributed by atoms with Gasteiger partial charge in [0.1, 0.15) is 0 Å². The van der Waals surface area contributed by atoms with Gasteiger partial charge in [-0.3, -0.25) is 4.98 Å². The molecule has 1 aromatic heterocycles. The van der Waals surface area contributed by atoms with Crippen molar-refractivity contribution in [1.82, 2.24) is 4.98 Å². The van der Waals surface area contributed by atoms with E-state index in [9.17, 15) is 0 Å². The molecule has 0 atom stereocenters. The molecule has 0 saturated heterocycles. The van der Waals surface area contributed by atoms with E-state index in [1.807, 2.05) is 12.1 Å². The van der Waals surface area contributed by atoms with Gasteiger partial charge in [0, 0.05) is 15.9 Å². The summed E-state index contributed by atoms with van der Waals surface area (Å²) in [5, 5.41) is 17.9. The van der Waals surface area contributed by atoms with Crippen molar-refractivity contribution in [2.75, 3.05) is 0 Å². The molecular weight excluding hydrogens is 210 g/mol. The molecule has 1 heterocycles. The summed E-state index contributed by atoms with van der Waals surface area (Å²) in [6.07, 6.45) is 1.28. The largest absolute Gasteiger partial charge is 0.256 e. The van der Waals surface area contributed by atoms with Crippen LogP contribution in [0.5, 0.6) is 0 Å². The van der Waals surface area contributed by atoms with Crippen LogP contribution in [0.15, 0.2) is 36.5 Å². The van der Waals surface area contributed by atoms with E-state index in [0.29, 0.717) is 22.4 Å². The number of aryl methyl sites for hydroxylation is 1. The Hall–Kier alpha value is -2.65. The maximum absolute atomic E-state index is 9.11. The number of aromatic nitrogens is 1. The minimum absolute atomic E-state index is 0.147. The first-order valence-electron chi connectivity index (χ1n) is 6.37. The lowest BCUT2D eigenvalue weighted by Crippen LogP contribution is -1.89. The fraction of sp³-hybridized carbons (Fsp3) is 0.0714. The summed E-state index contributed by atoms with van der Waals surface area (Å²) in [6, 6.07) is 11.7. The SMILES string of the molecule is [2H]C([2H])([2H])c1ccc(-c2ccc(C#N)cc2C#N)nc1. The molecule has 0 spiro atoms. The van der Waals surface area contributed by atoms with E-state index in [1.54, 1.807) is 18.2 Å². The van der Waals surface area contributed by atoms with Crippen molar-refractivity contribution in [3.8, 4) is 23.4 Å². The third kappa shape index (κ3) is 2.14. The number of pyridine rings is 1. The lowest BCUT2D eigenvalue weighted by atomic mass is 10.0. The van der Waals surface area contributed by atoms with Crippen molar-refractivity contribution < 1.29 is 4.11 Å². The van der Waals surface area contributed by atoms with Crippen molar-refractivity contribution >= 4 is 0 Å². The molecule has 2 rings (SSSR count). The highest BCUT2D eigenvalue weighted by Gasteiger charge is 2.06. The summed E-state index contributed by atoms with van der Waals surface area (Å²) in [5.74, 6) is 0. The third-order valence-corrected chi connectivity index (χ3v) is 2.31. The highest BCUT2D eigenvalue weighted by molar-refractivity contribution is 5.68. The molecule has 17 heavy (non-hydrogen) atoms. The van der Waals surface area contributed by atoms with E-state index in [1.165, 1.54) is 18.3 Å². The molecule has 80 valence electrons. The van der Waals surface area contributed by atoms with Crippen molar-refractivity contribution in [3.63, 3.8) is 0 Å². The number of benzene rings is 1. The van der Waals surface area contributed by atoms with Gasteiger partial charge in [0.2, 0.25) is 0 Å². The second kappa shape index (κ2) is 4.47. The van der Waals surface area contributed by atoms with Crippen LogP contribution in [-0.2, 0) is 0 Å². The summed E-state index contributed by atoms with van der Waals surface area (Å²) < 4.78 is 21.9. The molecule has 0 fully saturated rings. The minimum atomic E-state index is -2.20. The van der Waals surface area contributed by atoms with E-state index in [4.69, 9.17) is 14.6 Å². The number of nitriles is 2. The Morgan fingerprint density at radius 1 is 1.18 bits per heavy atom. The van der Waals surface area contributed by atoms with Crippen LogP contribution >= 0.6 is 0 Å². The summed E-state index contributed by atoms with van der Waals surface area (Å²) in [7, 11) is 0. The van der Waals surface area contributed by atoms with Crippen molar-refractivity contribution in [2.45, 2.75) is 6.85 Å². The van der Waals surface area contributed by atoms with Gasteiger partial charge in [-0.15, -0.1) is 0 Å². The molecular formula is C14H9N3. The Morgan fingerprint density at radius 2 is 2.06 bits per heavy atom. The molecule has 2 aromatic rings. The van der Waals surface area contributed by atoms with Crippen LogP contribution in [0, 0.1) is 29.5 Å². The Kier molecular flexibility index (Phi) is 2.00. The summed E-state index contributed by atoms with van der Waals surface area (Å²) in [6.45, 7) is -2.20. The standard InChI is InChI=1S/C14H9N3/c1-10-2-5-14(17-9-10)13-4-3-11(7-15)6-12(13)8-16/h2-6,9H,1H3/i1D3. The van der Waals surface area contributed by atoms with Crippen molar-refractivity contribution in [1.29, 1.82) is 10.5 Å². The predicted molar refractivity (Wildman–Crippen MR) is 63.8 cm³/mol. The number of nitrogens with zero attached hydrogens (tertiary/aromatic N) is 3. The molecule has 1 aromatic carbocycles. The van der Waals surface area contributed by atoms with Crippen LogP contribution in [0.25, 0.3) is 11.3 Å². The lowest BCUT2D eigenvalue weighted by Gasteiger charge is -2.03. The topological polar surface area (TPSA) is 60.5 Å². The lowest BCUT2D eigenvalue weighted by molar-refractivity contribution is 1.26. The van der Waals surface area contributed by atoms with Crippen LogP contribution in [-0.4, -0.2) is 4.98 Å². The predicted octanol–water partition coefficient (Wildman–Crippen LogP) is 2.80. The second-order valence-corrected chi connectivity index (χ2v) is 3.42. The van der Waals surface area contributed by atoms with Crippen molar-refractivity contribution in [2.24, 2.45) is 0 Å². The normalized spacial score (nSPS) is 12.7. The third-order valence-electron chi connectivity index (χ3n) is 2.31.